The number of hydrogen-bond acceptors (Lipinski definition) is 1. The fourth-order valence-corrected chi connectivity index (χ4v) is 2.08. The highest BCUT2D eigenvalue weighted by atomic mass is 16.4. The SMILES string of the molecule is [C-]#[N+]C12CC(C(=O)O)(C1)C2. The molecule has 0 aromatic carbocycles. The van der Waals surface area contributed by atoms with Crippen LogP contribution in [0.15, 0.2) is 0 Å². The zero-order valence-electron chi connectivity index (χ0n) is 5.42. The van der Waals surface area contributed by atoms with E-state index in [1.54, 1.807) is 0 Å². The number of rotatable bonds is 1. The smallest absolute Gasteiger partial charge is 0.310 e. The first-order valence-corrected chi connectivity index (χ1v) is 3.25. The Morgan fingerprint density at radius 1 is 1.50 bits per heavy atom. The molecule has 3 aliphatic carbocycles. The highest BCUT2D eigenvalue weighted by Crippen LogP contribution is 2.69. The summed E-state index contributed by atoms with van der Waals surface area (Å²) in [6.45, 7) is 6.75. The van der Waals surface area contributed by atoms with Crippen molar-refractivity contribution in [1.82, 2.24) is 0 Å². The number of nitrogens with zero attached hydrogens (tertiary/aromatic N) is 1. The molecule has 3 nitrogen and oxygen atoms in total. The van der Waals surface area contributed by atoms with Crippen LogP contribution in [0.1, 0.15) is 19.3 Å². The molecule has 3 aliphatic rings. The maximum absolute atomic E-state index is 10.5. The van der Waals surface area contributed by atoms with E-state index in [-0.39, 0.29) is 5.54 Å². The van der Waals surface area contributed by atoms with E-state index in [4.69, 9.17) is 11.7 Å². The normalized spacial score (nSPS) is 48.3. The van der Waals surface area contributed by atoms with E-state index >= 15 is 0 Å². The Morgan fingerprint density at radius 2 is 2.00 bits per heavy atom. The molecule has 3 saturated carbocycles. The number of aliphatic carboxylic acids is 1. The van der Waals surface area contributed by atoms with E-state index < -0.39 is 11.4 Å². The minimum Gasteiger partial charge on any atom is -0.481 e. The van der Waals surface area contributed by atoms with Gasteiger partial charge in [-0.2, -0.15) is 0 Å². The van der Waals surface area contributed by atoms with Crippen molar-refractivity contribution in [3.05, 3.63) is 11.4 Å². The van der Waals surface area contributed by atoms with Gasteiger partial charge >= 0.3 is 5.97 Å². The lowest BCUT2D eigenvalue weighted by atomic mass is 9.40. The number of carboxylic acids is 1. The van der Waals surface area contributed by atoms with Crippen LogP contribution in [0.5, 0.6) is 0 Å². The lowest BCUT2D eigenvalue weighted by Crippen LogP contribution is -2.68. The second kappa shape index (κ2) is 1.20. The highest BCUT2D eigenvalue weighted by molar-refractivity contribution is 5.80. The van der Waals surface area contributed by atoms with Crippen LogP contribution in [-0.4, -0.2) is 16.6 Å². The second-order valence-corrected chi connectivity index (χ2v) is 3.45. The monoisotopic (exact) mass is 137 g/mol. The molecular formula is C7H7NO2. The topological polar surface area (TPSA) is 41.7 Å². The summed E-state index contributed by atoms with van der Waals surface area (Å²) in [5, 5.41) is 8.64. The molecule has 3 fully saturated rings. The molecule has 0 saturated heterocycles. The first-order valence-electron chi connectivity index (χ1n) is 3.25. The van der Waals surface area contributed by atoms with Crippen molar-refractivity contribution in [2.45, 2.75) is 24.8 Å². The molecule has 1 N–H and O–H groups in total. The van der Waals surface area contributed by atoms with Gasteiger partial charge in [0, 0.05) is 19.3 Å². The largest absolute Gasteiger partial charge is 0.481 e. The third-order valence-electron chi connectivity index (χ3n) is 2.69. The Balaban J connectivity index is 2.13. The van der Waals surface area contributed by atoms with Crippen molar-refractivity contribution in [3.8, 4) is 0 Å². The highest BCUT2D eigenvalue weighted by Gasteiger charge is 2.78. The van der Waals surface area contributed by atoms with Gasteiger partial charge in [0.05, 0.1) is 5.41 Å². The van der Waals surface area contributed by atoms with Crippen molar-refractivity contribution >= 4 is 5.97 Å². The van der Waals surface area contributed by atoms with Crippen LogP contribution in [0.4, 0.5) is 0 Å². The van der Waals surface area contributed by atoms with Crippen LogP contribution in [0.2, 0.25) is 0 Å². The van der Waals surface area contributed by atoms with Crippen LogP contribution in [0, 0.1) is 12.0 Å². The summed E-state index contributed by atoms with van der Waals surface area (Å²) in [7, 11) is 0. The first kappa shape index (κ1) is 5.72. The molecular weight excluding hydrogens is 130 g/mol. The van der Waals surface area contributed by atoms with Gasteiger partial charge in [-0.15, -0.1) is 0 Å². The average molecular weight is 137 g/mol. The molecule has 0 aromatic rings. The van der Waals surface area contributed by atoms with Gasteiger partial charge in [0.25, 0.3) is 0 Å². The minimum atomic E-state index is -0.710. The van der Waals surface area contributed by atoms with Gasteiger partial charge in [-0.3, -0.25) is 4.79 Å². The van der Waals surface area contributed by atoms with Gasteiger partial charge in [0.1, 0.15) is 0 Å². The lowest BCUT2D eigenvalue weighted by Gasteiger charge is -2.58. The van der Waals surface area contributed by atoms with Crippen molar-refractivity contribution < 1.29 is 9.90 Å². The van der Waals surface area contributed by atoms with Gasteiger partial charge in [-0.1, -0.05) is 0 Å². The van der Waals surface area contributed by atoms with Crippen LogP contribution in [-0.2, 0) is 4.79 Å². The van der Waals surface area contributed by atoms with E-state index in [0.29, 0.717) is 19.3 Å². The zero-order chi connectivity index (χ0) is 7.41. The third-order valence-corrected chi connectivity index (χ3v) is 2.69. The van der Waals surface area contributed by atoms with Crippen molar-refractivity contribution in [2.75, 3.05) is 0 Å². The van der Waals surface area contributed by atoms with Crippen LogP contribution in [0.25, 0.3) is 4.85 Å². The van der Waals surface area contributed by atoms with Crippen LogP contribution >= 0.6 is 0 Å². The molecule has 2 bridgehead atoms. The maximum atomic E-state index is 10.5. The van der Waals surface area contributed by atoms with E-state index in [9.17, 15) is 4.79 Å². The Labute approximate surface area is 58.5 Å². The third kappa shape index (κ3) is 0.367. The summed E-state index contributed by atoms with van der Waals surface area (Å²) < 4.78 is 0. The van der Waals surface area contributed by atoms with Crippen molar-refractivity contribution in [1.29, 1.82) is 0 Å². The quantitative estimate of drug-likeness (QED) is 0.546. The molecule has 0 spiro atoms. The summed E-state index contributed by atoms with van der Waals surface area (Å²) in [4.78, 5) is 13.9. The Kier molecular flexibility index (Phi) is 0.684. The summed E-state index contributed by atoms with van der Waals surface area (Å²) >= 11 is 0. The maximum Gasteiger partial charge on any atom is 0.310 e. The fourth-order valence-electron chi connectivity index (χ4n) is 2.08. The molecule has 0 amide bonds. The molecule has 3 rings (SSSR count). The van der Waals surface area contributed by atoms with Gasteiger partial charge in [0.15, 0.2) is 0 Å². The molecule has 10 heavy (non-hydrogen) atoms. The van der Waals surface area contributed by atoms with E-state index in [2.05, 4.69) is 4.85 Å². The molecule has 0 unspecified atom stereocenters. The summed E-state index contributed by atoms with van der Waals surface area (Å²) in [6.07, 6.45) is 1.79. The molecule has 3 heteroatoms. The van der Waals surface area contributed by atoms with Crippen molar-refractivity contribution in [3.63, 3.8) is 0 Å². The van der Waals surface area contributed by atoms with E-state index in [1.807, 2.05) is 0 Å². The summed E-state index contributed by atoms with van der Waals surface area (Å²) in [6, 6.07) is 0. The summed E-state index contributed by atoms with van der Waals surface area (Å²) in [5.41, 5.74) is -0.705. The second-order valence-electron chi connectivity index (χ2n) is 3.45. The first-order chi connectivity index (χ1) is 4.63. The fraction of sp³-hybridized carbons (Fsp3) is 0.714. The van der Waals surface area contributed by atoms with E-state index in [0.717, 1.165) is 0 Å². The number of carbonyl (C=O) groups is 1. The lowest BCUT2D eigenvalue weighted by molar-refractivity contribution is -0.183. The zero-order valence-corrected chi connectivity index (χ0v) is 5.42. The molecule has 0 aliphatic heterocycles. The molecule has 0 aromatic heterocycles. The van der Waals surface area contributed by atoms with Crippen LogP contribution in [0.3, 0.4) is 0 Å². The Hall–Kier alpha value is -1.04. The Bertz CT molecular complexity index is 231. The molecule has 0 heterocycles. The number of hydrogen-bond donors (Lipinski definition) is 1. The predicted octanol–water partition coefficient (Wildman–Crippen LogP) is 0.913. The molecule has 0 atom stereocenters. The summed E-state index contributed by atoms with van der Waals surface area (Å²) in [5.74, 6) is -0.710. The van der Waals surface area contributed by atoms with Gasteiger partial charge < -0.3 is 9.95 Å². The standard InChI is InChI=1S/C7H7NO2/c1-8-7-2-6(3-7,4-7)5(9)10/h2-4H2,(H,9,10). The van der Waals surface area contributed by atoms with Gasteiger partial charge in [0.2, 0.25) is 5.54 Å². The van der Waals surface area contributed by atoms with Gasteiger partial charge in [-0.25, -0.2) is 6.57 Å². The predicted molar refractivity (Wildman–Crippen MR) is 33.3 cm³/mol. The van der Waals surface area contributed by atoms with Gasteiger partial charge in [-0.05, 0) is 0 Å². The number of carboxylic acid groups (broad SMARTS) is 1. The average Bonchev–Trinajstić information content (AvgIpc) is 1.57. The van der Waals surface area contributed by atoms with E-state index in [1.165, 1.54) is 0 Å². The molecule has 52 valence electrons. The molecule has 0 radical (unpaired) electrons. The Morgan fingerprint density at radius 3 is 2.30 bits per heavy atom. The van der Waals surface area contributed by atoms with Crippen molar-refractivity contribution in [2.24, 2.45) is 5.41 Å². The van der Waals surface area contributed by atoms with Crippen LogP contribution < -0.4 is 0 Å². The minimum absolute atomic E-state index is 0.238.